The van der Waals surface area contributed by atoms with Crippen molar-refractivity contribution >= 4 is 33.6 Å². The van der Waals surface area contributed by atoms with Gasteiger partial charge in [-0.05, 0) is 30.3 Å². The molecule has 0 aliphatic heterocycles. The Morgan fingerprint density at radius 2 is 1.85 bits per heavy atom. The number of halogens is 3. The van der Waals surface area contributed by atoms with E-state index in [1.165, 1.54) is 31.2 Å². The van der Waals surface area contributed by atoms with Gasteiger partial charge in [0.2, 0.25) is 10.0 Å². The van der Waals surface area contributed by atoms with Crippen LogP contribution < -0.4 is 4.31 Å². The molecule has 0 amide bonds. The molecule has 1 heterocycles. The van der Waals surface area contributed by atoms with Gasteiger partial charge in [0.1, 0.15) is 0 Å². The summed E-state index contributed by atoms with van der Waals surface area (Å²) in [6.45, 7) is 1.28. The summed E-state index contributed by atoms with van der Waals surface area (Å²) in [5.41, 5.74) is -5.20. The highest BCUT2D eigenvalue weighted by molar-refractivity contribution is 8.00. The average Bonchev–Trinajstić information content (AvgIpc) is 2.56. The van der Waals surface area contributed by atoms with E-state index in [1.807, 2.05) is 0 Å². The standard InChI is InChI=1S/C15H14F3N3O4S2/c1-2-21(13-12(14(22)23)19-7-8-20-13)27(24,25)9-10-5-3-4-6-11(10)26-15(16,17)18/h3-8H,2,9H2,1H3,(H,22,23). The Morgan fingerprint density at radius 3 is 2.44 bits per heavy atom. The van der Waals surface area contributed by atoms with Crippen LogP contribution in [0.4, 0.5) is 19.0 Å². The third-order valence-corrected chi connectivity index (χ3v) is 5.91. The molecule has 7 nitrogen and oxygen atoms in total. The summed E-state index contributed by atoms with van der Waals surface area (Å²) in [7, 11) is -4.23. The van der Waals surface area contributed by atoms with E-state index >= 15 is 0 Å². The van der Waals surface area contributed by atoms with Crippen LogP contribution in [-0.4, -0.2) is 41.5 Å². The van der Waals surface area contributed by atoms with Crippen molar-refractivity contribution in [3.63, 3.8) is 0 Å². The highest BCUT2D eigenvalue weighted by Crippen LogP contribution is 2.39. The summed E-state index contributed by atoms with van der Waals surface area (Å²) in [5.74, 6) is -2.62. The van der Waals surface area contributed by atoms with Gasteiger partial charge in [0.15, 0.2) is 11.5 Å². The monoisotopic (exact) mass is 421 g/mol. The molecule has 0 spiro atoms. The van der Waals surface area contributed by atoms with Crippen LogP contribution in [-0.2, 0) is 15.8 Å². The SMILES string of the molecule is CCN(c1nccnc1C(=O)O)S(=O)(=O)Cc1ccccc1SC(F)(F)F. The summed E-state index contributed by atoms with van der Waals surface area (Å²) >= 11 is -0.414. The molecule has 0 aliphatic carbocycles. The van der Waals surface area contributed by atoms with Crippen LogP contribution in [0.2, 0.25) is 0 Å². The zero-order chi connectivity index (χ0) is 20.2. The maximum absolute atomic E-state index is 12.8. The van der Waals surface area contributed by atoms with Crippen molar-refractivity contribution in [2.24, 2.45) is 0 Å². The topological polar surface area (TPSA) is 100 Å². The van der Waals surface area contributed by atoms with Crippen LogP contribution in [0.5, 0.6) is 0 Å². The van der Waals surface area contributed by atoms with E-state index in [0.29, 0.717) is 0 Å². The van der Waals surface area contributed by atoms with Crippen molar-refractivity contribution in [1.82, 2.24) is 9.97 Å². The van der Waals surface area contributed by atoms with Crippen LogP contribution >= 0.6 is 11.8 Å². The molecule has 1 aromatic carbocycles. The van der Waals surface area contributed by atoms with Crippen LogP contribution in [0.1, 0.15) is 23.0 Å². The molecule has 0 saturated heterocycles. The molecule has 0 saturated carbocycles. The van der Waals surface area contributed by atoms with Gasteiger partial charge >= 0.3 is 11.5 Å². The second-order valence-electron chi connectivity index (χ2n) is 5.11. The van der Waals surface area contributed by atoms with Gasteiger partial charge in [-0.25, -0.2) is 23.2 Å². The van der Waals surface area contributed by atoms with Crippen molar-refractivity contribution in [3.8, 4) is 0 Å². The van der Waals surface area contributed by atoms with Gasteiger partial charge in [0.25, 0.3) is 0 Å². The average molecular weight is 421 g/mol. The number of carboxylic acid groups (broad SMARTS) is 1. The van der Waals surface area contributed by atoms with Gasteiger partial charge in [-0.1, -0.05) is 18.2 Å². The summed E-state index contributed by atoms with van der Waals surface area (Å²) in [6, 6.07) is 5.23. The van der Waals surface area contributed by atoms with Gasteiger partial charge in [0, 0.05) is 23.8 Å². The zero-order valence-corrected chi connectivity index (χ0v) is 15.5. The van der Waals surface area contributed by atoms with Crippen LogP contribution in [0, 0.1) is 0 Å². The fraction of sp³-hybridized carbons (Fsp3) is 0.267. The minimum Gasteiger partial charge on any atom is -0.476 e. The van der Waals surface area contributed by atoms with E-state index in [9.17, 15) is 31.5 Å². The molecular weight excluding hydrogens is 407 g/mol. The van der Waals surface area contributed by atoms with Crippen molar-refractivity contribution in [3.05, 3.63) is 47.9 Å². The number of sulfonamides is 1. The Morgan fingerprint density at radius 1 is 1.22 bits per heavy atom. The number of benzene rings is 1. The molecule has 27 heavy (non-hydrogen) atoms. The third kappa shape index (κ3) is 5.32. The zero-order valence-electron chi connectivity index (χ0n) is 13.8. The maximum Gasteiger partial charge on any atom is 0.446 e. The highest BCUT2D eigenvalue weighted by Gasteiger charge is 2.32. The Kier molecular flexibility index (Phi) is 6.31. The van der Waals surface area contributed by atoms with E-state index in [-0.39, 0.29) is 17.0 Å². The maximum atomic E-state index is 12.8. The van der Waals surface area contributed by atoms with Crippen molar-refractivity contribution in [2.45, 2.75) is 23.1 Å². The number of carbonyl (C=O) groups is 1. The lowest BCUT2D eigenvalue weighted by atomic mass is 10.2. The first kappa shape index (κ1) is 21.0. The molecule has 2 aromatic rings. The number of hydrogen-bond acceptors (Lipinski definition) is 6. The third-order valence-electron chi connectivity index (χ3n) is 3.28. The molecule has 12 heteroatoms. The number of anilines is 1. The molecule has 2 rings (SSSR count). The predicted octanol–water partition coefficient (Wildman–Crippen LogP) is 3.14. The summed E-state index contributed by atoms with van der Waals surface area (Å²) < 4.78 is 64.4. The summed E-state index contributed by atoms with van der Waals surface area (Å²) in [4.78, 5) is 18.4. The van der Waals surface area contributed by atoms with Gasteiger partial charge < -0.3 is 5.11 Å². The Bertz CT molecular complexity index is 936. The Labute approximate surface area is 157 Å². The number of rotatable bonds is 7. The molecule has 1 N–H and O–H groups in total. The quantitative estimate of drug-likeness (QED) is 0.686. The predicted molar refractivity (Wildman–Crippen MR) is 93.0 cm³/mol. The Balaban J connectivity index is 2.43. The number of hydrogen-bond donors (Lipinski definition) is 1. The smallest absolute Gasteiger partial charge is 0.446 e. The van der Waals surface area contributed by atoms with Crippen molar-refractivity contribution in [2.75, 3.05) is 10.8 Å². The lowest BCUT2D eigenvalue weighted by Crippen LogP contribution is -2.34. The number of nitrogens with zero attached hydrogens (tertiary/aromatic N) is 3. The minimum absolute atomic E-state index is 0.0564. The van der Waals surface area contributed by atoms with Gasteiger partial charge in [0.05, 0.1) is 5.75 Å². The number of aromatic carboxylic acids is 1. The van der Waals surface area contributed by atoms with E-state index in [0.717, 1.165) is 16.7 Å². The molecule has 146 valence electrons. The van der Waals surface area contributed by atoms with Crippen LogP contribution in [0.3, 0.4) is 0 Å². The first-order valence-corrected chi connectivity index (χ1v) is 9.86. The second kappa shape index (κ2) is 8.13. The first-order chi connectivity index (χ1) is 12.5. The van der Waals surface area contributed by atoms with E-state index in [4.69, 9.17) is 0 Å². The number of alkyl halides is 3. The highest BCUT2D eigenvalue weighted by atomic mass is 32.2. The molecule has 0 bridgehead atoms. The Hall–Kier alpha value is -2.34. The second-order valence-corrected chi connectivity index (χ2v) is 8.11. The van der Waals surface area contributed by atoms with Crippen molar-refractivity contribution in [1.29, 1.82) is 0 Å². The fourth-order valence-corrected chi connectivity index (χ4v) is 4.61. The van der Waals surface area contributed by atoms with E-state index < -0.39 is 50.5 Å². The first-order valence-electron chi connectivity index (χ1n) is 7.43. The van der Waals surface area contributed by atoms with Crippen LogP contribution in [0.25, 0.3) is 0 Å². The largest absolute Gasteiger partial charge is 0.476 e. The van der Waals surface area contributed by atoms with Crippen molar-refractivity contribution < 1.29 is 31.5 Å². The number of carboxylic acids is 1. The molecular formula is C15H14F3N3O4S2. The van der Waals surface area contributed by atoms with E-state index in [1.54, 1.807) is 0 Å². The molecule has 0 atom stereocenters. The van der Waals surface area contributed by atoms with Crippen LogP contribution in [0.15, 0.2) is 41.6 Å². The number of thioether (sulfide) groups is 1. The minimum atomic E-state index is -4.58. The molecule has 0 fully saturated rings. The van der Waals surface area contributed by atoms with Gasteiger partial charge in [-0.3, -0.25) is 4.31 Å². The summed E-state index contributed by atoms with van der Waals surface area (Å²) in [5, 5.41) is 9.18. The number of aromatic nitrogens is 2. The lowest BCUT2D eigenvalue weighted by molar-refractivity contribution is -0.0328. The molecule has 1 aromatic heterocycles. The fourth-order valence-electron chi connectivity index (χ4n) is 2.26. The van der Waals surface area contributed by atoms with Gasteiger partial charge in [-0.2, -0.15) is 13.2 Å². The molecule has 0 radical (unpaired) electrons. The molecule has 0 aliphatic rings. The lowest BCUT2D eigenvalue weighted by Gasteiger charge is -2.23. The normalized spacial score (nSPS) is 12.0. The van der Waals surface area contributed by atoms with E-state index in [2.05, 4.69) is 9.97 Å². The summed E-state index contributed by atoms with van der Waals surface area (Å²) in [6.07, 6.45) is 2.23. The van der Waals surface area contributed by atoms with Gasteiger partial charge in [-0.15, -0.1) is 0 Å². The molecule has 0 unspecified atom stereocenters.